The molecule has 2 aromatic carbocycles. The average molecular weight is 280 g/mol. The van der Waals surface area contributed by atoms with Crippen LogP contribution in [-0.4, -0.2) is 25.3 Å². The molecule has 0 aliphatic carbocycles. The van der Waals surface area contributed by atoms with E-state index in [0.717, 1.165) is 16.7 Å². The van der Waals surface area contributed by atoms with E-state index < -0.39 is 6.10 Å². The summed E-state index contributed by atoms with van der Waals surface area (Å²) in [5, 5.41) is 22.0. The van der Waals surface area contributed by atoms with Gasteiger partial charge in [-0.25, -0.2) is 0 Å². The predicted molar refractivity (Wildman–Crippen MR) is 79.3 cm³/mol. The highest BCUT2D eigenvalue weighted by Crippen LogP contribution is 2.22. The van der Waals surface area contributed by atoms with Crippen LogP contribution in [-0.2, 0) is 13.5 Å². The van der Waals surface area contributed by atoms with E-state index in [-0.39, 0.29) is 0 Å². The van der Waals surface area contributed by atoms with Crippen molar-refractivity contribution in [1.29, 1.82) is 0 Å². The molecule has 21 heavy (non-hydrogen) atoms. The van der Waals surface area contributed by atoms with Gasteiger partial charge in [-0.3, -0.25) is 0 Å². The number of hydrogen-bond acceptors (Lipinski definition) is 4. The van der Waals surface area contributed by atoms with Crippen molar-refractivity contribution in [2.24, 2.45) is 7.05 Å². The minimum Gasteiger partial charge on any atom is -0.388 e. The second-order valence-electron chi connectivity index (χ2n) is 4.90. The maximum absolute atomic E-state index is 10.2. The van der Waals surface area contributed by atoms with E-state index in [1.807, 2.05) is 42.5 Å². The SMILES string of the molecule is Cn1nnc(CC(O)c2ccc(-c3ccccc3)cc2)n1. The molecule has 0 bridgehead atoms. The van der Waals surface area contributed by atoms with Crippen LogP contribution in [0.15, 0.2) is 54.6 Å². The second kappa shape index (κ2) is 5.85. The third kappa shape index (κ3) is 3.14. The number of nitrogens with zero attached hydrogens (tertiary/aromatic N) is 4. The van der Waals surface area contributed by atoms with E-state index in [1.165, 1.54) is 4.80 Å². The molecule has 3 aromatic rings. The summed E-state index contributed by atoms with van der Waals surface area (Å²) in [4.78, 5) is 1.39. The monoisotopic (exact) mass is 280 g/mol. The van der Waals surface area contributed by atoms with Crippen molar-refractivity contribution in [2.75, 3.05) is 0 Å². The molecule has 0 radical (unpaired) electrons. The Kier molecular flexibility index (Phi) is 3.75. The molecule has 1 aromatic heterocycles. The fraction of sp³-hybridized carbons (Fsp3) is 0.188. The first kappa shape index (κ1) is 13.5. The van der Waals surface area contributed by atoms with Crippen molar-refractivity contribution >= 4 is 0 Å². The largest absolute Gasteiger partial charge is 0.388 e. The minimum absolute atomic E-state index is 0.360. The molecule has 0 aliphatic heterocycles. The van der Waals surface area contributed by atoms with Crippen LogP contribution in [0.1, 0.15) is 17.5 Å². The van der Waals surface area contributed by atoms with Gasteiger partial charge in [-0.1, -0.05) is 54.6 Å². The molecule has 1 unspecified atom stereocenters. The molecule has 1 heterocycles. The number of rotatable bonds is 4. The highest BCUT2D eigenvalue weighted by atomic mass is 16.3. The second-order valence-corrected chi connectivity index (χ2v) is 4.90. The first-order valence-electron chi connectivity index (χ1n) is 6.79. The number of hydrogen-bond donors (Lipinski definition) is 1. The van der Waals surface area contributed by atoms with E-state index in [2.05, 4.69) is 27.5 Å². The van der Waals surface area contributed by atoms with E-state index in [0.29, 0.717) is 12.2 Å². The summed E-state index contributed by atoms with van der Waals surface area (Å²) in [5.74, 6) is 0.539. The summed E-state index contributed by atoms with van der Waals surface area (Å²) < 4.78 is 0. The maximum atomic E-state index is 10.2. The van der Waals surface area contributed by atoms with Gasteiger partial charge >= 0.3 is 0 Å². The third-order valence-electron chi connectivity index (χ3n) is 3.33. The van der Waals surface area contributed by atoms with Crippen molar-refractivity contribution in [3.63, 3.8) is 0 Å². The topological polar surface area (TPSA) is 63.8 Å². The molecule has 0 aliphatic rings. The van der Waals surface area contributed by atoms with Crippen molar-refractivity contribution in [2.45, 2.75) is 12.5 Å². The van der Waals surface area contributed by atoms with Crippen molar-refractivity contribution in [1.82, 2.24) is 20.2 Å². The van der Waals surface area contributed by atoms with Gasteiger partial charge in [-0.05, 0) is 21.9 Å². The zero-order chi connectivity index (χ0) is 14.7. The lowest BCUT2D eigenvalue weighted by Crippen LogP contribution is -2.04. The average Bonchev–Trinajstić information content (AvgIpc) is 2.93. The van der Waals surface area contributed by atoms with Crippen LogP contribution < -0.4 is 0 Å². The summed E-state index contributed by atoms with van der Waals surface area (Å²) in [6.45, 7) is 0. The molecule has 0 saturated carbocycles. The molecule has 0 saturated heterocycles. The highest BCUT2D eigenvalue weighted by Gasteiger charge is 2.12. The number of aliphatic hydroxyl groups is 1. The van der Waals surface area contributed by atoms with Crippen LogP contribution in [0.2, 0.25) is 0 Å². The molecule has 1 atom stereocenters. The van der Waals surface area contributed by atoms with Gasteiger partial charge in [0.05, 0.1) is 13.2 Å². The number of benzene rings is 2. The molecule has 0 amide bonds. The van der Waals surface area contributed by atoms with Gasteiger partial charge in [-0.15, -0.1) is 10.2 Å². The van der Waals surface area contributed by atoms with E-state index in [1.54, 1.807) is 7.05 Å². The Morgan fingerprint density at radius 2 is 1.67 bits per heavy atom. The van der Waals surface area contributed by atoms with E-state index >= 15 is 0 Å². The Hall–Kier alpha value is -2.53. The zero-order valence-corrected chi connectivity index (χ0v) is 11.7. The standard InChI is InChI=1S/C16H16N4O/c1-20-18-16(17-19-20)11-15(21)14-9-7-13(8-10-14)12-5-3-2-4-6-12/h2-10,15,21H,11H2,1H3. The lowest BCUT2D eigenvalue weighted by Gasteiger charge is -2.09. The summed E-state index contributed by atoms with van der Waals surface area (Å²) in [6, 6.07) is 18.0. The summed E-state index contributed by atoms with van der Waals surface area (Å²) >= 11 is 0. The Labute approximate surface area is 122 Å². The van der Waals surface area contributed by atoms with Gasteiger partial charge in [0, 0.05) is 6.42 Å². The maximum Gasteiger partial charge on any atom is 0.177 e. The van der Waals surface area contributed by atoms with E-state index in [4.69, 9.17) is 0 Å². The zero-order valence-electron chi connectivity index (χ0n) is 11.7. The van der Waals surface area contributed by atoms with Crippen LogP contribution in [0, 0.1) is 0 Å². The highest BCUT2D eigenvalue weighted by molar-refractivity contribution is 5.63. The van der Waals surface area contributed by atoms with Gasteiger partial charge in [0.2, 0.25) is 0 Å². The third-order valence-corrected chi connectivity index (χ3v) is 3.33. The summed E-state index contributed by atoms with van der Waals surface area (Å²) in [5.41, 5.74) is 3.14. The Bertz CT molecular complexity index is 707. The van der Waals surface area contributed by atoms with Crippen molar-refractivity contribution in [3.05, 3.63) is 66.0 Å². The minimum atomic E-state index is -0.626. The Morgan fingerprint density at radius 3 is 2.29 bits per heavy atom. The van der Waals surface area contributed by atoms with Gasteiger partial charge in [0.1, 0.15) is 0 Å². The molecule has 0 spiro atoms. The molecule has 5 heteroatoms. The lowest BCUT2D eigenvalue weighted by atomic mass is 10.0. The number of aliphatic hydroxyl groups excluding tert-OH is 1. The predicted octanol–water partition coefficient (Wildman–Crippen LogP) is 2.15. The molecule has 5 nitrogen and oxygen atoms in total. The molecule has 0 fully saturated rings. The van der Waals surface area contributed by atoms with Crippen LogP contribution in [0.5, 0.6) is 0 Å². The Morgan fingerprint density at radius 1 is 1.00 bits per heavy atom. The van der Waals surface area contributed by atoms with Crippen molar-refractivity contribution in [3.8, 4) is 11.1 Å². The van der Waals surface area contributed by atoms with Crippen LogP contribution in [0.3, 0.4) is 0 Å². The first-order valence-corrected chi connectivity index (χ1v) is 6.79. The molecule has 3 rings (SSSR count). The first-order chi connectivity index (χ1) is 10.2. The molecular weight excluding hydrogens is 264 g/mol. The number of tetrazole rings is 1. The molecular formula is C16H16N4O. The Balaban J connectivity index is 1.74. The fourth-order valence-electron chi connectivity index (χ4n) is 2.22. The quantitative estimate of drug-likeness (QED) is 0.795. The van der Waals surface area contributed by atoms with Crippen LogP contribution in [0.4, 0.5) is 0 Å². The van der Waals surface area contributed by atoms with Crippen LogP contribution >= 0.6 is 0 Å². The molecule has 106 valence electrons. The van der Waals surface area contributed by atoms with Gasteiger partial charge in [-0.2, -0.15) is 4.80 Å². The van der Waals surface area contributed by atoms with Crippen molar-refractivity contribution < 1.29 is 5.11 Å². The smallest absolute Gasteiger partial charge is 0.177 e. The summed E-state index contributed by atoms with van der Waals surface area (Å²) in [6.07, 6.45) is -0.266. The van der Waals surface area contributed by atoms with Gasteiger partial charge < -0.3 is 5.11 Å². The lowest BCUT2D eigenvalue weighted by molar-refractivity contribution is 0.175. The van der Waals surface area contributed by atoms with E-state index in [9.17, 15) is 5.11 Å². The van der Waals surface area contributed by atoms with Gasteiger partial charge in [0.15, 0.2) is 5.82 Å². The normalized spacial score (nSPS) is 12.3. The van der Waals surface area contributed by atoms with Gasteiger partial charge in [0.25, 0.3) is 0 Å². The number of aromatic nitrogens is 4. The summed E-state index contributed by atoms with van der Waals surface area (Å²) in [7, 11) is 1.71. The molecule has 1 N–H and O–H groups in total. The number of aryl methyl sites for hydroxylation is 1. The fourth-order valence-corrected chi connectivity index (χ4v) is 2.22. The van der Waals surface area contributed by atoms with Crippen LogP contribution in [0.25, 0.3) is 11.1 Å².